The number of ether oxygens (including phenoxy) is 1. The fourth-order valence-electron chi connectivity index (χ4n) is 4.56. The van der Waals surface area contributed by atoms with Crippen LogP contribution in [0.15, 0.2) is 42.9 Å². The zero-order valence-electron chi connectivity index (χ0n) is 19.8. The number of aromatic nitrogens is 3. The Morgan fingerprint density at radius 2 is 1.84 bits per heavy atom. The molecule has 0 spiro atoms. The van der Waals surface area contributed by atoms with Gasteiger partial charge in [0, 0.05) is 44.8 Å². The van der Waals surface area contributed by atoms with Gasteiger partial charge in [0.1, 0.15) is 5.75 Å². The van der Waals surface area contributed by atoms with Gasteiger partial charge < -0.3 is 9.64 Å². The summed E-state index contributed by atoms with van der Waals surface area (Å²) < 4.78 is 5.52. The summed E-state index contributed by atoms with van der Waals surface area (Å²) in [5.74, 6) is 1.70. The van der Waals surface area contributed by atoms with Crippen LogP contribution in [0.1, 0.15) is 47.7 Å². The molecule has 168 valence electrons. The molecule has 6 nitrogen and oxygen atoms in total. The van der Waals surface area contributed by atoms with Crippen LogP contribution < -0.4 is 9.64 Å². The lowest BCUT2D eigenvalue weighted by Gasteiger charge is -2.37. The third-order valence-corrected chi connectivity index (χ3v) is 6.57. The molecule has 0 unspecified atom stereocenters. The maximum absolute atomic E-state index is 5.52. The average Bonchev–Trinajstić information content (AvgIpc) is 2.82. The summed E-state index contributed by atoms with van der Waals surface area (Å²) in [5.41, 5.74) is 7.19. The van der Waals surface area contributed by atoms with Gasteiger partial charge in [0.05, 0.1) is 18.8 Å². The van der Waals surface area contributed by atoms with Crippen molar-refractivity contribution < 1.29 is 4.74 Å². The third kappa shape index (κ3) is 4.46. The van der Waals surface area contributed by atoms with Crippen LogP contribution in [0.4, 0.5) is 5.95 Å². The van der Waals surface area contributed by atoms with Crippen LogP contribution in [0, 0.1) is 13.8 Å². The van der Waals surface area contributed by atoms with Gasteiger partial charge >= 0.3 is 0 Å². The monoisotopic (exact) mass is 431 g/mol. The molecular formula is C26H33N5O. The average molecular weight is 432 g/mol. The van der Waals surface area contributed by atoms with E-state index in [1.807, 2.05) is 49.7 Å². The highest BCUT2D eigenvalue weighted by molar-refractivity contribution is 5.66. The van der Waals surface area contributed by atoms with Crippen LogP contribution in [0.2, 0.25) is 0 Å². The minimum Gasteiger partial charge on any atom is -0.496 e. The minimum absolute atomic E-state index is 0.246. The summed E-state index contributed by atoms with van der Waals surface area (Å²) >= 11 is 0. The first kappa shape index (κ1) is 22.2. The van der Waals surface area contributed by atoms with Crippen molar-refractivity contribution in [1.29, 1.82) is 0 Å². The van der Waals surface area contributed by atoms with Crippen molar-refractivity contribution in [3.63, 3.8) is 0 Å². The van der Waals surface area contributed by atoms with E-state index in [2.05, 4.69) is 40.8 Å². The Kier molecular flexibility index (Phi) is 6.70. The Morgan fingerprint density at radius 1 is 1.06 bits per heavy atom. The van der Waals surface area contributed by atoms with Crippen molar-refractivity contribution in [3.05, 3.63) is 65.2 Å². The lowest BCUT2D eigenvalue weighted by atomic mass is 9.93. The minimum atomic E-state index is 0.246. The third-order valence-electron chi connectivity index (χ3n) is 6.57. The molecule has 1 saturated heterocycles. The van der Waals surface area contributed by atoms with Crippen LogP contribution in [-0.2, 0) is 6.54 Å². The second-order valence-corrected chi connectivity index (χ2v) is 8.76. The largest absolute Gasteiger partial charge is 0.496 e. The number of benzene rings is 1. The number of hydrogen-bond donors (Lipinski definition) is 0. The summed E-state index contributed by atoms with van der Waals surface area (Å²) in [6, 6.07) is 8.63. The van der Waals surface area contributed by atoms with E-state index in [1.54, 1.807) is 7.11 Å². The van der Waals surface area contributed by atoms with Gasteiger partial charge in [-0.15, -0.1) is 0 Å². The predicted molar refractivity (Wildman–Crippen MR) is 129 cm³/mol. The lowest BCUT2D eigenvalue weighted by Crippen LogP contribution is -2.34. The molecule has 0 N–H and O–H groups in total. The number of rotatable bonds is 6. The SMILES string of the molecule is COc1ccc(CN2CCCC[C@H]2c2nc(N(C)C)ncc2-c2ccncc2)c(C)c1C. The first-order valence-electron chi connectivity index (χ1n) is 11.3. The normalized spacial score (nSPS) is 16.7. The van der Waals surface area contributed by atoms with E-state index in [1.165, 1.54) is 29.5 Å². The molecule has 1 aliphatic rings. The Labute approximate surface area is 191 Å². The summed E-state index contributed by atoms with van der Waals surface area (Å²) in [5, 5.41) is 0. The van der Waals surface area contributed by atoms with Crippen LogP contribution in [0.3, 0.4) is 0 Å². The van der Waals surface area contributed by atoms with Crippen molar-refractivity contribution >= 4 is 5.95 Å². The zero-order valence-corrected chi connectivity index (χ0v) is 19.8. The second-order valence-electron chi connectivity index (χ2n) is 8.76. The molecule has 4 rings (SSSR count). The molecule has 0 saturated carbocycles. The van der Waals surface area contributed by atoms with Gasteiger partial charge in [0.2, 0.25) is 5.95 Å². The summed E-state index contributed by atoms with van der Waals surface area (Å²) in [7, 11) is 5.72. The van der Waals surface area contributed by atoms with Gasteiger partial charge in [-0.05, 0) is 73.7 Å². The number of hydrogen-bond acceptors (Lipinski definition) is 6. The Bertz CT molecular complexity index is 1070. The van der Waals surface area contributed by atoms with Gasteiger partial charge in [-0.1, -0.05) is 12.5 Å². The quantitative estimate of drug-likeness (QED) is 0.550. The molecule has 1 atom stereocenters. The van der Waals surface area contributed by atoms with E-state index in [9.17, 15) is 0 Å². The van der Waals surface area contributed by atoms with Crippen LogP contribution >= 0.6 is 0 Å². The molecule has 0 amide bonds. The van der Waals surface area contributed by atoms with Crippen LogP contribution in [0.25, 0.3) is 11.1 Å². The van der Waals surface area contributed by atoms with Gasteiger partial charge in [-0.3, -0.25) is 9.88 Å². The summed E-state index contributed by atoms with van der Waals surface area (Å²) in [6.45, 7) is 6.30. The van der Waals surface area contributed by atoms with Crippen molar-refractivity contribution in [3.8, 4) is 16.9 Å². The molecule has 1 aromatic carbocycles. The molecule has 0 bridgehead atoms. The van der Waals surface area contributed by atoms with Crippen molar-refractivity contribution in [2.24, 2.45) is 0 Å². The van der Waals surface area contributed by atoms with E-state index in [4.69, 9.17) is 9.72 Å². The Morgan fingerprint density at radius 3 is 2.56 bits per heavy atom. The molecule has 3 heterocycles. The highest BCUT2D eigenvalue weighted by atomic mass is 16.5. The Balaban J connectivity index is 1.74. The molecular weight excluding hydrogens is 398 g/mol. The fourth-order valence-corrected chi connectivity index (χ4v) is 4.56. The van der Waals surface area contributed by atoms with Gasteiger partial charge in [-0.25, -0.2) is 9.97 Å². The number of nitrogens with zero attached hydrogens (tertiary/aromatic N) is 5. The van der Waals surface area contributed by atoms with E-state index in [0.717, 1.165) is 48.0 Å². The maximum atomic E-state index is 5.52. The van der Waals surface area contributed by atoms with Crippen LogP contribution in [0.5, 0.6) is 5.75 Å². The number of anilines is 1. The maximum Gasteiger partial charge on any atom is 0.225 e. The smallest absolute Gasteiger partial charge is 0.225 e. The van der Waals surface area contributed by atoms with E-state index < -0.39 is 0 Å². The topological polar surface area (TPSA) is 54.4 Å². The molecule has 6 heteroatoms. The fraction of sp³-hybridized carbons (Fsp3) is 0.423. The van der Waals surface area contributed by atoms with Gasteiger partial charge in [0.25, 0.3) is 0 Å². The molecule has 0 radical (unpaired) electrons. The van der Waals surface area contributed by atoms with Crippen molar-refractivity contribution in [1.82, 2.24) is 19.9 Å². The molecule has 1 aliphatic heterocycles. The first-order valence-corrected chi connectivity index (χ1v) is 11.3. The number of likely N-dealkylation sites (tertiary alicyclic amines) is 1. The van der Waals surface area contributed by atoms with Gasteiger partial charge in [0.15, 0.2) is 0 Å². The van der Waals surface area contributed by atoms with E-state index >= 15 is 0 Å². The Hall–Kier alpha value is -2.99. The second kappa shape index (κ2) is 9.65. The molecule has 1 fully saturated rings. The van der Waals surface area contributed by atoms with E-state index in [-0.39, 0.29) is 6.04 Å². The zero-order chi connectivity index (χ0) is 22.7. The predicted octanol–water partition coefficient (Wildman–Crippen LogP) is 4.96. The molecule has 0 aliphatic carbocycles. The highest BCUT2D eigenvalue weighted by Gasteiger charge is 2.29. The summed E-state index contributed by atoms with van der Waals surface area (Å²) in [6.07, 6.45) is 9.15. The standard InChI is InChI=1S/C26H33N5O/c1-18-19(2)24(32-5)10-9-21(18)17-31-15-7-6-8-23(31)25-22(20-11-13-27-14-12-20)16-28-26(29-25)30(3)4/h9-14,16,23H,6-8,15,17H2,1-5H3/t23-/m0/s1. The number of methoxy groups -OCH3 is 1. The van der Waals surface area contributed by atoms with E-state index in [0.29, 0.717) is 0 Å². The number of piperidine rings is 1. The molecule has 3 aromatic rings. The lowest BCUT2D eigenvalue weighted by molar-refractivity contribution is 0.137. The van der Waals surface area contributed by atoms with Crippen LogP contribution in [-0.4, -0.2) is 47.6 Å². The molecule has 2 aromatic heterocycles. The number of pyridine rings is 1. The first-order chi connectivity index (χ1) is 15.5. The van der Waals surface area contributed by atoms with Gasteiger partial charge in [-0.2, -0.15) is 0 Å². The van der Waals surface area contributed by atoms with Crippen molar-refractivity contribution in [2.45, 2.75) is 45.7 Å². The van der Waals surface area contributed by atoms with Crippen molar-refractivity contribution in [2.75, 3.05) is 32.6 Å². The highest BCUT2D eigenvalue weighted by Crippen LogP contribution is 2.37. The molecule has 32 heavy (non-hydrogen) atoms. The summed E-state index contributed by atoms with van der Waals surface area (Å²) in [4.78, 5) is 18.4.